The largest absolute Gasteiger partial charge is 0.381 e. The fraction of sp³-hybridized carbons (Fsp3) is 0.545. The summed E-state index contributed by atoms with van der Waals surface area (Å²) in [5.74, 6) is 0.594. The van der Waals surface area contributed by atoms with Crippen molar-refractivity contribution in [3.8, 4) is 0 Å². The molecule has 1 aliphatic heterocycles. The molecule has 1 fully saturated rings. The van der Waals surface area contributed by atoms with Gasteiger partial charge in [0.15, 0.2) is 5.96 Å². The van der Waals surface area contributed by atoms with Crippen LogP contribution in [-0.2, 0) is 16.6 Å². The van der Waals surface area contributed by atoms with E-state index in [1.54, 1.807) is 23.5 Å². The standard InChI is InChI=1S/C22H31FN4OS.HI/c1-4-24-21(25-11-8-20-27-16(2)17(3)29-20)26-15-22(9-12-28-13-10-22)18-6-5-7-19(23)14-18;/h5-7,14H,4,8-13,15H2,1-3H3,(H2,24,25,26);1H. The summed E-state index contributed by atoms with van der Waals surface area (Å²) in [6.45, 7) is 9.73. The molecule has 1 aromatic carbocycles. The molecule has 1 aromatic heterocycles. The predicted octanol–water partition coefficient (Wildman–Crippen LogP) is 4.36. The second-order valence-electron chi connectivity index (χ2n) is 7.52. The summed E-state index contributed by atoms with van der Waals surface area (Å²) in [6.07, 6.45) is 2.56. The van der Waals surface area contributed by atoms with E-state index in [0.29, 0.717) is 19.8 Å². The number of guanidine groups is 1. The molecular formula is C22H32FIN4OS. The van der Waals surface area contributed by atoms with Crippen molar-refractivity contribution >= 4 is 41.3 Å². The lowest BCUT2D eigenvalue weighted by molar-refractivity contribution is 0.0530. The maximum atomic E-state index is 13.9. The average molecular weight is 546 g/mol. The molecule has 0 radical (unpaired) electrons. The van der Waals surface area contributed by atoms with Gasteiger partial charge in [-0.2, -0.15) is 0 Å². The Kier molecular flexibility index (Phi) is 9.96. The highest BCUT2D eigenvalue weighted by Crippen LogP contribution is 2.35. The number of hydrogen-bond donors (Lipinski definition) is 2. The molecule has 5 nitrogen and oxygen atoms in total. The smallest absolute Gasteiger partial charge is 0.191 e. The van der Waals surface area contributed by atoms with Crippen molar-refractivity contribution in [1.82, 2.24) is 15.6 Å². The number of thiazole rings is 1. The Balaban J connectivity index is 0.00000320. The summed E-state index contributed by atoms with van der Waals surface area (Å²) in [5.41, 5.74) is 1.93. The van der Waals surface area contributed by atoms with E-state index >= 15 is 0 Å². The van der Waals surface area contributed by atoms with Crippen molar-refractivity contribution in [3.05, 3.63) is 51.2 Å². The van der Waals surface area contributed by atoms with Crippen LogP contribution in [0.4, 0.5) is 4.39 Å². The fourth-order valence-corrected chi connectivity index (χ4v) is 4.56. The summed E-state index contributed by atoms with van der Waals surface area (Å²) in [5, 5.41) is 7.88. The van der Waals surface area contributed by atoms with Crippen molar-refractivity contribution in [2.24, 2.45) is 4.99 Å². The van der Waals surface area contributed by atoms with Gasteiger partial charge in [0.25, 0.3) is 0 Å². The van der Waals surface area contributed by atoms with Crippen molar-refractivity contribution in [2.75, 3.05) is 32.8 Å². The van der Waals surface area contributed by atoms with Crippen LogP contribution < -0.4 is 10.6 Å². The molecule has 30 heavy (non-hydrogen) atoms. The molecule has 1 aliphatic rings. The third kappa shape index (κ3) is 6.62. The van der Waals surface area contributed by atoms with Gasteiger partial charge in [0.2, 0.25) is 0 Å². The summed E-state index contributed by atoms with van der Waals surface area (Å²) < 4.78 is 19.4. The van der Waals surface area contributed by atoms with Crippen molar-refractivity contribution < 1.29 is 9.13 Å². The Bertz CT molecular complexity index is 817. The molecule has 166 valence electrons. The van der Waals surface area contributed by atoms with Crippen LogP contribution in [0, 0.1) is 19.7 Å². The molecule has 0 amide bonds. The van der Waals surface area contributed by atoms with E-state index in [1.165, 1.54) is 10.9 Å². The van der Waals surface area contributed by atoms with Crippen LogP contribution >= 0.6 is 35.3 Å². The van der Waals surface area contributed by atoms with Crippen molar-refractivity contribution in [1.29, 1.82) is 0 Å². The lowest BCUT2D eigenvalue weighted by Gasteiger charge is -2.36. The number of aliphatic imine (C=N–C) groups is 1. The number of benzene rings is 1. The minimum absolute atomic E-state index is 0. The average Bonchev–Trinajstić information content (AvgIpc) is 3.04. The zero-order chi connectivity index (χ0) is 20.7. The van der Waals surface area contributed by atoms with Gasteiger partial charge < -0.3 is 15.4 Å². The van der Waals surface area contributed by atoms with Gasteiger partial charge >= 0.3 is 0 Å². The maximum Gasteiger partial charge on any atom is 0.191 e. The van der Waals surface area contributed by atoms with E-state index < -0.39 is 0 Å². The number of ether oxygens (including phenoxy) is 1. The van der Waals surface area contributed by atoms with Crippen molar-refractivity contribution in [3.63, 3.8) is 0 Å². The summed E-state index contributed by atoms with van der Waals surface area (Å²) in [7, 11) is 0. The molecule has 2 heterocycles. The molecule has 0 unspecified atom stereocenters. The Morgan fingerprint density at radius 2 is 2.03 bits per heavy atom. The number of hydrogen-bond acceptors (Lipinski definition) is 4. The van der Waals surface area contributed by atoms with Gasteiger partial charge in [0.1, 0.15) is 5.82 Å². The van der Waals surface area contributed by atoms with Gasteiger partial charge in [-0.15, -0.1) is 35.3 Å². The molecule has 0 bridgehead atoms. The number of nitrogens with one attached hydrogen (secondary N) is 2. The summed E-state index contributed by atoms with van der Waals surface area (Å²) in [4.78, 5) is 10.7. The first-order valence-corrected chi connectivity index (χ1v) is 11.1. The molecular weight excluding hydrogens is 514 g/mol. The number of aryl methyl sites for hydroxylation is 2. The van der Waals surface area contributed by atoms with Gasteiger partial charge in [0.05, 0.1) is 17.2 Å². The topological polar surface area (TPSA) is 58.5 Å². The quantitative estimate of drug-likeness (QED) is 0.308. The van der Waals surface area contributed by atoms with E-state index in [2.05, 4.69) is 29.5 Å². The second-order valence-corrected chi connectivity index (χ2v) is 8.81. The van der Waals surface area contributed by atoms with Crippen LogP contribution in [0.3, 0.4) is 0 Å². The minimum atomic E-state index is -0.198. The van der Waals surface area contributed by atoms with Gasteiger partial charge in [-0.3, -0.25) is 4.99 Å². The molecule has 0 spiro atoms. The van der Waals surface area contributed by atoms with Gasteiger partial charge in [0, 0.05) is 43.0 Å². The van der Waals surface area contributed by atoms with Gasteiger partial charge in [-0.25, -0.2) is 9.37 Å². The van der Waals surface area contributed by atoms with E-state index in [1.807, 2.05) is 13.0 Å². The van der Waals surface area contributed by atoms with E-state index in [9.17, 15) is 4.39 Å². The van der Waals surface area contributed by atoms with E-state index in [4.69, 9.17) is 9.73 Å². The van der Waals surface area contributed by atoms with E-state index in [-0.39, 0.29) is 35.2 Å². The highest BCUT2D eigenvalue weighted by Gasteiger charge is 2.34. The van der Waals surface area contributed by atoms with Crippen LogP contribution in [0.1, 0.15) is 40.9 Å². The third-order valence-electron chi connectivity index (χ3n) is 5.48. The Hall–Kier alpha value is -1.26. The minimum Gasteiger partial charge on any atom is -0.381 e. The molecule has 0 saturated carbocycles. The SMILES string of the molecule is CCNC(=NCC1(c2cccc(F)c2)CCOCC1)NCCc1nc(C)c(C)s1.I. The van der Waals surface area contributed by atoms with Crippen LogP contribution in [0.15, 0.2) is 29.3 Å². The Morgan fingerprint density at radius 3 is 2.67 bits per heavy atom. The monoisotopic (exact) mass is 546 g/mol. The van der Waals surface area contributed by atoms with Crippen LogP contribution in [0.5, 0.6) is 0 Å². The van der Waals surface area contributed by atoms with Crippen molar-refractivity contribution in [2.45, 2.75) is 45.4 Å². The zero-order valence-corrected chi connectivity index (χ0v) is 21.1. The zero-order valence-electron chi connectivity index (χ0n) is 18.0. The second kappa shape index (κ2) is 12.0. The molecule has 8 heteroatoms. The van der Waals surface area contributed by atoms with Crippen LogP contribution in [0.2, 0.25) is 0 Å². The fourth-order valence-electron chi connectivity index (χ4n) is 3.62. The molecule has 2 aromatic rings. The number of halogens is 2. The third-order valence-corrected chi connectivity index (χ3v) is 6.61. The Morgan fingerprint density at radius 1 is 1.27 bits per heavy atom. The van der Waals surface area contributed by atoms with E-state index in [0.717, 1.165) is 54.6 Å². The highest BCUT2D eigenvalue weighted by atomic mass is 127. The summed E-state index contributed by atoms with van der Waals surface area (Å²) in [6, 6.07) is 6.94. The van der Waals surface area contributed by atoms with Crippen LogP contribution in [0.25, 0.3) is 0 Å². The lowest BCUT2D eigenvalue weighted by Crippen LogP contribution is -2.41. The van der Waals surface area contributed by atoms with Crippen LogP contribution in [-0.4, -0.2) is 43.8 Å². The highest BCUT2D eigenvalue weighted by molar-refractivity contribution is 14.0. The number of nitrogens with zero attached hydrogens (tertiary/aromatic N) is 2. The summed E-state index contributed by atoms with van der Waals surface area (Å²) >= 11 is 1.75. The normalized spacial score (nSPS) is 16.1. The Labute approximate surface area is 200 Å². The number of aromatic nitrogens is 1. The molecule has 2 N–H and O–H groups in total. The molecule has 0 aliphatic carbocycles. The maximum absolute atomic E-state index is 13.9. The molecule has 0 atom stereocenters. The molecule has 1 saturated heterocycles. The predicted molar refractivity (Wildman–Crippen MR) is 133 cm³/mol. The van der Waals surface area contributed by atoms with Gasteiger partial charge in [-0.1, -0.05) is 12.1 Å². The first-order chi connectivity index (χ1) is 14.0. The van der Waals surface area contributed by atoms with Gasteiger partial charge in [-0.05, 0) is 51.3 Å². The lowest BCUT2D eigenvalue weighted by atomic mass is 9.74. The first-order valence-electron chi connectivity index (χ1n) is 10.3. The first kappa shape index (κ1) is 25.0. The molecule has 3 rings (SSSR count). The number of rotatable bonds is 7.